The molecule has 110 valence electrons. The molecule has 0 radical (unpaired) electrons. The Kier molecular flexibility index (Phi) is 4.96. The van der Waals surface area contributed by atoms with Gasteiger partial charge in [-0.3, -0.25) is 9.59 Å². The predicted molar refractivity (Wildman–Crippen MR) is 78.5 cm³/mol. The molecule has 0 bridgehead atoms. The van der Waals surface area contributed by atoms with Crippen LogP contribution in [0.15, 0.2) is 18.2 Å². The summed E-state index contributed by atoms with van der Waals surface area (Å²) >= 11 is 0. The maximum atomic E-state index is 11.7. The van der Waals surface area contributed by atoms with Crippen LogP contribution >= 0.6 is 0 Å². The number of amides is 2. The molecule has 0 saturated carbocycles. The summed E-state index contributed by atoms with van der Waals surface area (Å²) in [5.41, 5.74) is 6.21. The van der Waals surface area contributed by atoms with Crippen LogP contribution < -0.4 is 21.1 Å². The van der Waals surface area contributed by atoms with Crippen molar-refractivity contribution in [2.75, 3.05) is 24.7 Å². The molecule has 6 nitrogen and oxygen atoms in total. The van der Waals surface area contributed by atoms with Gasteiger partial charge in [-0.05, 0) is 18.2 Å². The number of methoxy groups -OCH3 is 1. The molecule has 0 saturated heterocycles. The molecule has 20 heavy (non-hydrogen) atoms. The van der Waals surface area contributed by atoms with Crippen molar-refractivity contribution in [3.8, 4) is 5.75 Å². The van der Waals surface area contributed by atoms with E-state index in [1.807, 2.05) is 0 Å². The van der Waals surface area contributed by atoms with Crippen LogP contribution in [0, 0.1) is 5.41 Å². The molecule has 0 heterocycles. The van der Waals surface area contributed by atoms with Gasteiger partial charge < -0.3 is 21.1 Å². The first kappa shape index (κ1) is 15.8. The quantitative estimate of drug-likeness (QED) is 0.726. The third-order valence-corrected chi connectivity index (χ3v) is 2.60. The number of benzene rings is 1. The van der Waals surface area contributed by atoms with Crippen molar-refractivity contribution in [1.29, 1.82) is 0 Å². The van der Waals surface area contributed by atoms with Crippen molar-refractivity contribution < 1.29 is 14.3 Å². The fraction of sp³-hybridized carbons (Fsp3) is 0.429. The third-order valence-electron chi connectivity index (χ3n) is 2.60. The zero-order valence-corrected chi connectivity index (χ0v) is 12.2. The van der Waals surface area contributed by atoms with Gasteiger partial charge in [0.05, 0.1) is 19.3 Å². The summed E-state index contributed by atoms with van der Waals surface area (Å²) in [6.07, 6.45) is 0. The fourth-order valence-electron chi connectivity index (χ4n) is 1.44. The number of nitrogen functional groups attached to an aromatic ring is 1. The summed E-state index contributed by atoms with van der Waals surface area (Å²) in [4.78, 5) is 23.3. The van der Waals surface area contributed by atoms with E-state index >= 15 is 0 Å². The molecule has 6 heteroatoms. The van der Waals surface area contributed by atoms with Crippen molar-refractivity contribution in [1.82, 2.24) is 5.32 Å². The summed E-state index contributed by atoms with van der Waals surface area (Å²) < 4.78 is 5.03. The summed E-state index contributed by atoms with van der Waals surface area (Å²) in [6, 6.07) is 4.94. The lowest BCUT2D eigenvalue weighted by molar-refractivity contribution is -0.130. The minimum Gasteiger partial charge on any atom is -0.495 e. The molecular formula is C14H21N3O3. The lowest BCUT2D eigenvalue weighted by atomic mass is 9.96. The van der Waals surface area contributed by atoms with Crippen molar-refractivity contribution >= 4 is 23.2 Å². The van der Waals surface area contributed by atoms with Crippen molar-refractivity contribution in [2.45, 2.75) is 20.8 Å². The Morgan fingerprint density at radius 1 is 1.30 bits per heavy atom. The highest BCUT2D eigenvalue weighted by atomic mass is 16.5. The number of nitrogens with one attached hydrogen (secondary N) is 2. The predicted octanol–water partition coefficient (Wildman–Crippen LogP) is 1.38. The number of rotatable bonds is 4. The van der Waals surface area contributed by atoms with Crippen LogP contribution in [-0.4, -0.2) is 25.5 Å². The zero-order valence-electron chi connectivity index (χ0n) is 12.2. The van der Waals surface area contributed by atoms with Gasteiger partial charge in [-0.2, -0.15) is 0 Å². The van der Waals surface area contributed by atoms with Gasteiger partial charge in [0.15, 0.2) is 0 Å². The fourth-order valence-corrected chi connectivity index (χ4v) is 1.44. The first-order valence-corrected chi connectivity index (χ1v) is 6.25. The number of anilines is 2. The van der Waals surface area contributed by atoms with E-state index in [9.17, 15) is 9.59 Å². The van der Waals surface area contributed by atoms with Crippen LogP contribution in [0.1, 0.15) is 20.8 Å². The maximum Gasteiger partial charge on any atom is 0.243 e. The van der Waals surface area contributed by atoms with Gasteiger partial charge >= 0.3 is 0 Å². The normalized spacial score (nSPS) is 10.8. The van der Waals surface area contributed by atoms with Gasteiger partial charge in [0.2, 0.25) is 11.8 Å². The number of carbonyl (C=O) groups excluding carboxylic acids is 2. The molecule has 1 rings (SSSR count). The van der Waals surface area contributed by atoms with Gasteiger partial charge in [-0.25, -0.2) is 0 Å². The number of hydrogen-bond acceptors (Lipinski definition) is 4. The maximum absolute atomic E-state index is 11.7. The molecule has 0 unspecified atom stereocenters. The van der Waals surface area contributed by atoms with Crippen molar-refractivity contribution in [3.63, 3.8) is 0 Å². The molecule has 4 N–H and O–H groups in total. The third kappa shape index (κ3) is 4.46. The van der Waals surface area contributed by atoms with E-state index in [1.54, 1.807) is 39.0 Å². The molecule has 0 spiro atoms. The average molecular weight is 279 g/mol. The lowest BCUT2D eigenvalue weighted by Crippen LogP contribution is -2.39. The van der Waals surface area contributed by atoms with E-state index in [-0.39, 0.29) is 18.4 Å². The summed E-state index contributed by atoms with van der Waals surface area (Å²) in [6.45, 7) is 5.27. The Balaban J connectivity index is 2.55. The standard InChI is InChI=1S/C14H21N3O3/c1-14(2,3)13(19)16-8-12(18)17-9-5-6-11(20-4)10(15)7-9/h5-7H,8,15H2,1-4H3,(H,16,19)(H,17,18). The summed E-state index contributed by atoms with van der Waals surface area (Å²) in [5.74, 6) is 0.0538. The lowest BCUT2D eigenvalue weighted by Gasteiger charge is -2.17. The van der Waals surface area contributed by atoms with Crippen LogP contribution in [0.5, 0.6) is 5.75 Å². The molecular weight excluding hydrogens is 258 g/mol. The Hall–Kier alpha value is -2.24. The zero-order chi connectivity index (χ0) is 15.3. The molecule has 0 aliphatic carbocycles. The summed E-state index contributed by atoms with van der Waals surface area (Å²) in [5, 5.41) is 5.22. The van der Waals surface area contributed by atoms with Gasteiger partial charge in [-0.15, -0.1) is 0 Å². The second kappa shape index (κ2) is 6.27. The van der Waals surface area contributed by atoms with Crippen molar-refractivity contribution in [3.05, 3.63) is 18.2 Å². The molecule has 0 fully saturated rings. The molecule has 0 aromatic heterocycles. The van der Waals surface area contributed by atoms with Gasteiger partial charge in [-0.1, -0.05) is 20.8 Å². The van der Waals surface area contributed by atoms with E-state index in [0.717, 1.165) is 0 Å². The monoisotopic (exact) mass is 279 g/mol. The first-order chi connectivity index (χ1) is 9.24. The molecule has 0 atom stereocenters. The van der Waals surface area contributed by atoms with E-state index in [2.05, 4.69) is 10.6 Å². The molecule has 0 aliphatic rings. The highest BCUT2D eigenvalue weighted by Gasteiger charge is 2.21. The topological polar surface area (TPSA) is 93.5 Å². The first-order valence-electron chi connectivity index (χ1n) is 6.25. The number of nitrogens with two attached hydrogens (primary N) is 1. The average Bonchev–Trinajstić information content (AvgIpc) is 2.35. The Labute approximate surface area is 118 Å². The molecule has 2 amide bonds. The minimum absolute atomic E-state index is 0.0813. The summed E-state index contributed by atoms with van der Waals surface area (Å²) in [7, 11) is 1.52. The van der Waals surface area contributed by atoms with E-state index < -0.39 is 5.41 Å². The Bertz CT molecular complexity index is 507. The number of ether oxygens (including phenoxy) is 1. The van der Waals surface area contributed by atoms with Crippen LogP contribution in [0.2, 0.25) is 0 Å². The van der Waals surface area contributed by atoms with Gasteiger partial charge in [0.25, 0.3) is 0 Å². The molecule has 0 aliphatic heterocycles. The molecule has 1 aromatic rings. The number of hydrogen-bond donors (Lipinski definition) is 3. The van der Waals surface area contributed by atoms with Crippen LogP contribution in [0.3, 0.4) is 0 Å². The molecule has 1 aromatic carbocycles. The largest absolute Gasteiger partial charge is 0.495 e. The Morgan fingerprint density at radius 3 is 2.45 bits per heavy atom. The smallest absolute Gasteiger partial charge is 0.243 e. The Morgan fingerprint density at radius 2 is 1.95 bits per heavy atom. The van der Waals surface area contributed by atoms with Gasteiger partial charge in [0, 0.05) is 11.1 Å². The van der Waals surface area contributed by atoms with Crippen LogP contribution in [-0.2, 0) is 9.59 Å². The van der Waals surface area contributed by atoms with E-state index in [1.165, 1.54) is 7.11 Å². The van der Waals surface area contributed by atoms with Crippen LogP contribution in [0.4, 0.5) is 11.4 Å². The second-order valence-corrected chi connectivity index (χ2v) is 5.44. The van der Waals surface area contributed by atoms with Crippen LogP contribution in [0.25, 0.3) is 0 Å². The minimum atomic E-state index is -0.523. The highest BCUT2D eigenvalue weighted by Crippen LogP contribution is 2.24. The number of carbonyl (C=O) groups is 2. The highest BCUT2D eigenvalue weighted by molar-refractivity contribution is 5.95. The SMILES string of the molecule is COc1ccc(NC(=O)CNC(=O)C(C)(C)C)cc1N. The van der Waals surface area contributed by atoms with E-state index in [0.29, 0.717) is 17.1 Å². The van der Waals surface area contributed by atoms with Gasteiger partial charge in [0.1, 0.15) is 5.75 Å². The van der Waals surface area contributed by atoms with Crippen molar-refractivity contribution in [2.24, 2.45) is 5.41 Å². The second-order valence-electron chi connectivity index (χ2n) is 5.44. The van der Waals surface area contributed by atoms with E-state index in [4.69, 9.17) is 10.5 Å².